The van der Waals surface area contributed by atoms with Gasteiger partial charge in [-0.25, -0.2) is 10.9 Å². The van der Waals surface area contributed by atoms with Gasteiger partial charge in [-0.05, 0) is 93.8 Å². The lowest BCUT2D eigenvalue weighted by Crippen LogP contribution is -2.21. The van der Waals surface area contributed by atoms with Crippen LogP contribution < -0.4 is 20.3 Å². The molecule has 0 saturated carbocycles. The first-order chi connectivity index (χ1) is 15.9. The highest BCUT2D eigenvalue weighted by atomic mass is 16.5. The molecule has 8 nitrogen and oxygen atoms in total. The molecule has 2 amide bonds. The molecule has 0 aliphatic carbocycles. The number of hydrogen-bond acceptors (Lipinski definition) is 6. The molecule has 2 aromatic carbocycles. The molecule has 8 heteroatoms. The minimum atomic E-state index is -0.248. The lowest BCUT2D eigenvalue weighted by Gasteiger charge is -2.06. The van der Waals surface area contributed by atoms with Crippen LogP contribution in [0.3, 0.4) is 0 Å². The van der Waals surface area contributed by atoms with Crippen LogP contribution in [-0.2, 0) is 9.59 Å². The van der Waals surface area contributed by atoms with Gasteiger partial charge in [-0.2, -0.15) is 10.2 Å². The summed E-state index contributed by atoms with van der Waals surface area (Å²) >= 11 is 0. The molecular formula is C25H32N4O4. The second kappa shape index (κ2) is 13.7. The Balaban J connectivity index is 1.72. The van der Waals surface area contributed by atoms with Crippen molar-refractivity contribution in [3.05, 3.63) is 59.7 Å². The molecule has 176 valence electrons. The fourth-order valence-electron chi connectivity index (χ4n) is 2.86. The van der Waals surface area contributed by atoms with Gasteiger partial charge in [0.25, 0.3) is 0 Å². The molecule has 2 rings (SSSR count). The number of amides is 2. The number of rotatable bonds is 12. The number of hydrazone groups is 2. The summed E-state index contributed by atoms with van der Waals surface area (Å²) in [4.78, 5) is 24.0. The quantitative estimate of drug-likeness (QED) is 0.375. The van der Waals surface area contributed by atoms with E-state index in [1.54, 1.807) is 0 Å². The molecule has 2 aromatic rings. The van der Waals surface area contributed by atoms with Crippen molar-refractivity contribution < 1.29 is 19.1 Å². The predicted molar refractivity (Wildman–Crippen MR) is 130 cm³/mol. The number of carbonyl (C=O) groups excluding carboxylic acids is 2. The average Bonchev–Trinajstić information content (AvgIpc) is 2.82. The Hall–Kier alpha value is -3.68. The van der Waals surface area contributed by atoms with Crippen LogP contribution in [-0.4, -0.2) is 36.5 Å². The summed E-state index contributed by atoms with van der Waals surface area (Å²) in [5.74, 6) is 1.08. The Bertz CT molecular complexity index is 887. The van der Waals surface area contributed by atoms with E-state index >= 15 is 0 Å². The van der Waals surface area contributed by atoms with Crippen LogP contribution in [0.1, 0.15) is 58.1 Å². The molecule has 0 heterocycles. The number of ether oxygens (including phenoxy) is 2. The van der Waals surface area contributed by atoms with Crippen LogP contribution in [0, 0.1) is 0 Å². The molecule has 0 unspecified atom stereocenters. The molecule has 33 heavy (non-hydrogen) atoms. The first-order valence-corrected chi connectivity index (χ1v) is 11.1. The maximum absolute atomic E-state index is 12.0. The summed E-state index contributed by atoms with van der Waals surface area (Å²) in [7, 11) is 0. The van der Waals surface area contributed by atoms with E-state index in [-0.39, 0.29) is 24.7 Å². The predicted octanol–water partition coefficient (Wildman–Crippen LogP) is 4.03. The zero-order chi connectivity index (χ0) is 24.1. The van der Waals surface area contributed by atoms with Gasteiger partial charge >= 0.3 is 0 Å². The number of nitrogens with one attached hydrogen (secondary N) is 2. The summed E-state index contributed by atoms with van der Waals surface area (Å²) in [6, 6.07) is 15.0. The van der Waals surface area contributed by atoms with Crippen LogP contribution in [0.25, 0.3) is 0 Å². The van der Waals surface area contributed by atoms with E-state index in [0.717, 1.165) is 22.6 Å². The van der Waals surface area contributed by atoms with Crippen molar-refractivity contribution in [1.29, 1.82) is 0 Å². The zero-order valence-electron chi connectivity index (χ0n) is 19.7. The smallest absolute Gasteiger partial charge is 0.240 e. The number of hydrogen-bond donors (Lipinski definition) is 2. The molecule has 0 fully saturated rings. The van der Waals surface area contributed by atoms with Crippen molar-refractivity contribution in [3.63, 3.8) is 0 Å². The molecular weight excluding hydrogens is 420 g/mol. The van der Waals surface area contributed by atoms with Gasteiger partial charge < -0.3 is 9.47 Å². The molecule has 0 saturated heterocycles. The van der Waals surface area contributed by atoms with Crippen molar-refractivity contribution in [2.24, 2.45) is 10.2 Å². The Morgan fingerprint density at radius 2 is 1.06 bits per heavy atom. The lowest BCUT2D eigenvalue weighted by molar-refractivity contribution is -0.122. The maximum atomic E-state index is 12.0. The van der Waals surface area contributed by atoms with E-state index in [1.807, 2.05) is 76.2 Å². The third-order valence-corrected chi connectivity index (χ3v) is 4.67. The van der Waals surface area contributed by atoms with E-state index in [1.165, 1.54) is 0 Å². The molecule has 0 aromatic heterocycles. The maximum Gasteiger partial charge on any atom is 0.240 e. The molecule has 0 bridgehead atoms. The minimum absolute atomic E-state index is 0.190. The van der Waals surface area contributed by atoms with E-state index in [0.29, 0.717) is 31.1 Å². The van der Waals surface area contributed by atoms with Crippen LogP contribution in [0.2, 0.25) is 0 Å². The van der Waals surface area contributed by atoms with Crippen LogP contribution in [0.15, 0.2) is 58.7 Å². The fourth-order valence-corrected chi connectivity index (χ4v) is 2.86. The van der Waals surface area contributed by atoms with Gasteiger partial charge in [0.05, 0.1) is 24.6 Å². The highest BCUT2D eigenvalue weighted by molar-refractivity contribution is 6.00. The lowest BCUT2D eigenvalue weighted by atomic mass is 10.1. The van der Waals surface area contributed by atoms with Crippen molar-refractivity contribution in [1.82, 2.24) is 10.9 Å². The highest BCUT2D eigenvalue weighted by Crippen LogP contribution is 2.13. The Kier molecular flexibility index (Phi) is 10.6. The van der Waals surface area contributed by atoms with Gasteiger partial charge in [0, 0.05) is 12.8 Å². The summed E-state index contributed by atoms with van der Waals surface area (Å²) < 4.78 is 10.8. The van der Waals surface area contributed by atoms with Gasteiger partial charge in [0.15, 0.2) is 0 Å². The summed E-state index contributed by atoms with van der Waals surface area (Å²) in [5.41, 5.74) is 8.20. The highest BCUT2D eigenvalue weighted by Gasteiger charge is 2.06. The average molecular weight is 453 g/mol. The van der Waals surface area contributed by atoms with Crippen molar-refractivity contribution in [3.8, 4) is 11.5 Å². The SMILES string of the molecule is CCOc1ccc(/C(C)=N/NC(=O)CCCC(=O)N/N=C(\C)c2ccc(OCC)cc2)cc1. The van der Waals surface area contributed by atoms with Crippen molar-refractivity contribution >= 4 is 23.2 Å². The standard InChI is InChI=1S/C25H32N4O4/c1-5-32-22-14-10-20(11-15-22)18(3)26-28-24(30)8-7-9-25(31)29-27-19(4)21-12-16-23(17-13-21)33-6-2/h10-17H,5-9H2,1-4H3,(H,28,30)(H,29,31)/b26-18+,27-19+. The van der Waals surface area contributed by atoms with Crippen LogP contribution in [0.4, 0.5) is 0 Å². The molecule has 0 radical (unpaired) electrons. The largest absolute Gasteiger partial charge is 0.494 e. The number of benzene rings is 2. The van der Waals surface area contributed by atoms with Gasteiger partial charge in [-0.1, -0.05) is 0 Å². The van der Waals surface area contributed by atoms with Crippen LogP contribution in [0.5, 0.6) is 11.5 Å². The molecule has 0 atom stereocenters. The van der Waals surface area contributed by atoms with E-state index in [4.69, 9.17) is 9.47 Å². The monoisotopic (exact) mass is 452 g/mol. The molecule has 0 spiro atoms. The van der Waals surface area contributed by atoms with Crippen LogP contribution >= 0.6 is 0 Å². The topological polar surface area (TPSA) is 101 Å². The second-order valence-electron chi connectivity index (χ2n) is 7.23. The van der Waals surface area contributed by atoms with Gasteiger partial charge in [0.2, 0.25) is 11.8 Å². The van der Waals surface area contributed by atoms with Gasteiger partial charge in [-0.15, -0.1) is 0 Å². The van der Waals surface area contributed by atoms with E-state index in [9.17, 15) is 9.59 Å². The molecule has 0 aliphatic rings. The summed E-state index contributed by atoms with van der Waals surface area (Å²) in [6.07, 6.45) is 0.775. The van der Waals surface area contributed by atoms with Gasteiger partial charge in [-0.3, -0.25) is 9.59 Å². The number of nitrogens with zero attached hydrogens (tertiary/aromatic N) is 2. The number of carbonyl (C=O) groups is 2. The third kappa shape index (κ3) is 9.14. The van der Waals surface area contributed by atoms with Crippen molar-refractivity contribution in [2.75, 3.05) is 13.2 Å². The Labute approximate surface area is 195 Å². The normalized spacial score (nSPS) is 11.6. The van der Waals surface area contributed by atoms with E-state index in [2.05, 4.69) is 21.1 Å². The second-order valence-corrected chi connectivity index (χ2v) is 7.23. The Morgan fingerprint density at radius 1 is 0.697 bits per heavy atom. The summed E-state index contributed by atoms with van der Waals surface area (Å²) in [5, 5.41) is 8.25. The zero-order valence-corrected chi connectivity index (χ0v) is 19.7. The minimum Gasteiger partial charge on any atom is -0.494 e. The first-order valence-electron chi connectivity index (χ1n) is 11.1. The Morgan fingerprint density at radius 3 is 1.39 bits per heavy atom. The fraction of sp³-hybridized carbons (Fsp3) is 0.360. The van der Waals surface area contributed by atoms with Gasteiger partial charge in [0.1, 0.15) is 11.5 Å². The summed E-state index contributed by atoms with van der Waals surface area (Å²) in [6.45, 7) is 8.70. The molecule has 0 aliphatic heterocycles. The first kappa shape index (κ1) is 25.6. The van der Waals surface area contributed by atoms with Crippen molar-refractivity contribution in [2.45, 2.75) is 47.0 Å². The van der Waals surface area contributed by atoms with E-state index < -0.39 is 0 Å². The molecule has 2 N–H and O–H groups in total. The third-order valence-electron chi connectivity index (χ3n) is 4.67.